The minimum atomic E-state index is 1.14. The lowest BCUT2D eigenvalue weighted by molar-refractivity contribution is 0.557. The molecule has 0 atom stereocenters. The van der Waals surface area contributed by atoms with Gasteiger partial charge in [-0.25, -0.2) is 0 Å². The maximum Gasteiger partial charge on any atom is -0.0228 e. The maximum atomic E-state index is 2.46. The van der Waals surface area contributed by atoms with Crippen LogP contribution in [0.15, 0.2) is 36.4 Å². The first-order valence-electron chi connectivity index (χ1n) is 9.63. The van der Waals surface area contributed by atoms with Crippen molar-refractivity contribution in [2.45, 2.75) is 90.9 Å². The van der Waals surface area contributed by atoms with E-state index in [9.17, 15) is 0 Å². The molecule has 0 radical (unpaired) electrons. The third-order valence-electron chi connectivity index (χ3n) is 4.47. The van der Waals surface area contributed by atoms with Crippen LogP contribution in [-0.2, 0) is 0 Å². The van der Waals surface area contributed by atoms with Crippen LogP contribution in [0.25, 0.3) is 5.57 Å². The number of rotatable bonds is 13. The van der Waals surface area contributed by atoms with Crippen LogP contribution in [-0.4, -0.2) is 0 Å². The highest BCUT2D eigenvalue weighted by Crippen LogP contribution is 2.19. The third-order valence-corrected chi connectivity index (χ3v) is 4.47. The highest BCUT2D eigenvalue weighted by molar-refractivity contribution is 5.65. The molecular formula is C22H36. The molecule has 0 saturated carbocycles. The third kappa shape index (κ3) is 9.07. The average Bonchev–Trinajstić information content (AvgIpc) is 2.57. The van der Waals surface area contributed by atoms with E-state index < -0.39 is 0 Å². The van der Waals surface area contributed by atoms with Gasteiger partial charge in [0.2, 0.25) is 0 Å². The van der Waals surface area contributed by atoms with Gasteiger partial charge in [-0.1, -0.05) is 108 Å². The van der Waals surface area contributed by atoms with Gasteiger partial charge in [-0.3, -0.25) is 0 Å². The molecule has 0 bridgehead atoms. The molecule has 0 nitrogen and oxygen atoms in total. The summed E-state index contributed by atoms with van der Waals surface area (Å²) in [7, 11) is 0. The van der Waals surface area contributed by atoms with E-state index >= 15 is 0 Å². The summed E-state index contributed by atoms with van der Waals surface area (Å²) in [5.41, 5.74) is 2.91. The molecule has 0 fully saturated rings. The fourth-order valence-electron chi connectivity index (χ4n) is 3.03. The van der Waals surface area contributed by atoms with Crippen LogP contribution < -0.4 is 0 Å². The van der Waals surface area contributed by atoms with Crippen molar-refractivity contribution in [3.63, 3.8) is 0 Å². The van der Waals surface area contributed by atoms with Crippen LogP contribution in [0.3, 0.4) is 0 Å². The molecule has 1 aromatic carbocycles. The van der Waals surface area contributed by atoms with Crippen LogP contribution >= 0.6 is 0 Å². The van der Waals surface area contributed by atoms with Crippen molar-refractivity contribution in [3.05, 3.63) is 42.0 Å². The number of benzene rings is 1. The van der Waals surface area contributed by atoms with Crippen LogP contribution in [0, 0.1) is 0 Å². The molecule has 22 heavy (non-hydrogen) atoms. The quantitative estimate of drug-likeness (QED) is 0.326. The van der Waals surface area contributed by atoms with E-state index in [1.165, 1.54) is 81.8 Å². The lowest BCUT2D eigenvalue weighted by atomic mass is 10.0. The number of hydrogen-bond acceptors (Lipinski definition) is 0. The van der Waals surface area contributed by atoms with Crippen molar-refractivity contribution in [2.75, 3.05) is 0 Å². The average molecular weight is 301 g/mol. The first-order chi connectivity index (χ1) is 10.9. The molecule has 0 spiro atoms. The first kappa shape index (κ1) is 19.0. The largest absolute Gasteiger partial charge is 0.0807 e. The second kappa shape index (κ2) is 13.6. The van der Waals surface area contributed by atoms with E-state index in [0.29, 0.717) is 0 Å². The Morgan fingerprint density at radius 2 is 1.27 bits per heavy atom. The summed E-state index contributed by atoms with van der Waals surface area (Å²) in [6, 6.07) is 10.8. The molecular weight excluding hydrogens is 264 g/mol. The van der Waals surface area contributed by atoms with E-state index in [2.05, 4.69) is 50.3 Å². The highest BCUT2D eigenvalue weighted by atomic mass is 14.0. The molecule has 0 saturated heterocycles. The van der Waals surface area contributed by atoms with Gasteiger partial charge in [0.1, 0.15) is 0 Å². The monoisotopic (exact) mass is 300 g/mol. The second-order valence-electron chi connectivity index (χ2n) is 6.42. The first-order valence-corrected chi connectivity index (χ1v) is 9.63. The minimum absolute atomic E-state index is 1.14. The van der Waals surface area contributed by atoms with Crippen LogP contribution in [0.1, 0.15) is 96.5 Å². The van der Waals surface area contributed by atoms with Crippen molar-refractivity contribution in [2.24, 2.45) is 0 Å². The van der Waals surface area contributed by atoms with Gasteiger partial charge in [0, 0.05) is 0 Å². The molecule has 0 aliphatic heterocycles. The number of allylic oxidation sites excluding steroid dienone is 2. The van der Waals surface area contributed by atoms with E-state index in [4.69, 9.17) is 0 Å². The molecule has 0 aliphatic rings. The molecule has 1 aromatic rings. The van der Waals surface area contributed by atoms with Crippen LogP contribution in [0.5, 0.6) is 0 Å². The molecule has 0 heteroatoms. The van der Waals surface area contributed by atoms with Crippen molar-refractivity contribution in [1.29, 1.82) is 0 Å². The Hall–Kier alpha value is -1.04. The summed E-state index contributed by atoms with van der Waals surface area (Å²) >= 11 is 0. The zero-order chi connectivity index (χ0) is 15.9. The Bertz CT molecular complexity index is 374. The molecule has 0 amide bonds. The summed E-state index contributed by atoms with van der Waals surface area (Å²) in [5.74, 6) is 0. The maximum absolute atomic E-state index is 2.46. The molecule has 0 heterocycles. The fourth-order valence-corrected chi connectivity index (χ4v) is 3.03. The summed E-state index contributed by atoms with van der Waals surface area (Å²) in [4.78, 5) is 0. The van der Waals surface area contributed by atoms with Gasteiger partial charge in [0.15, 0.2) is 0 Å². The number of hydrogen-bond donors (Lipinski definition) is 0. The number of unbranched alkanes of at least 4 members (excludes halogenated alkanes) is 10. The van der Waals surface area contributed by atoms with Gasteiger partial charge >= 0.3 is 0 Å². The summed E-state index contributed by atoms with van der Waals surface area (Å²) in [6.07, 6.45) is 19.0. The summed E-state index contributed by atoms with van der Waals surface area (Å²) in [6.45, 7) is 4.55. The van der Waals surface area contributed by atoms with E-state index in [0.717, 1.165) is 6.42 Å². The fraction of sp³-hybridized carbons (Fsp3) is 0.636. The molecule has 0 aromatic heterocycles. The van der Waals surface area contributed by atoms with Crippen molar-refractivity contribution >= 4 is 5.57 Å². The van der Waals surface area contributed by atoms with Crippen molar-refractivity contribution in [1.82, 2.24) is 0 Å². The Morgan fingerprint density at radius 3 is 1.82 bits per heavy atom. The molecule has 0 N–H and O–H groups in total. The van der Waals surface area contributed by atoms with Crippen molar-refractivity contribution in [3.8, 4) is 0 Å². The summed E-state index contributed by atoms with van der Waals surface area (Å²) in [5, 5.41) is 0. The van der Waals surface area contributed by atoms with Crippen LogP contribution in [0.2, 0.25) is 0 Å². The molecule has 0 aliphatic carbocycles. The van der Waals surface area contributed by atoms with Crippen LogP contribution in [0.4, 0.5) is 0 Å². The predicted octanol–water partition coefficient (Wildman–Crippen LogP) is 7.79. The Kier molecular flexibility index (Phi) is 11.8. The normalized spacial score (nSPS) is 11.8. The van der Waals surface area contributed by atoms with Gasteiger partial charge in [-0.2, -0.15) is 0 Å². The van der Waals surface area contributed by atoms with Gasteiger partial charge < -0.3 is 0 Å². The summed E-state index contributed by atoms with van der Waals surface area (Å²) < 4.78 is 0. The van der Waals surface area contributed by atoms with Crippen molar-refractivity contribution < 1.29 is 0 Å². The van der Waals surface area contributed by atoms with Gasteiger partial charge in [0.25, 0.3) is 0 Å². The Balaban J connectivity index is 2.03. The molecule has 124 valence electrons. The lowest BCUT2D eigenvalue weighted by Gasteiger charge is -2.05. The smallest absolute Gasteiger partial charge is 0.0228 e. The molecule has 1 rings (SSSR count). The Morgan fingerprint density at radius 1 is 0.727 bits per heavy atom. The SMILES string of the molecule is CCCCCCCCCCCCC=C(CC)c1ccccc1. The zero-order valence-electron chi connectivity index (χ0n) is 14.9. The van der Waals surface area contributed by atoms with E-state index in [-0.39, 0.29) is 0 Å². The van der Waals surface area contributed by atoms with Gasteiger partial charge in [0.05, 0.1) is 0 Å². The second-order valence-corrected chi connectivity index (χ2v) is 6.42. The topological polar surface area (TPSA) is 0 Å². The Labute approximate surface area is 139 Å². The standard InChI is InChI=1S/C22H36/c1-3-5-6-7-8-9-10-11-12-13-15-18-21(4-2)22-19-16-14-17-20-22/h14,16-20H,3-13,15H2,1-2H3. The van der Waals surface area contributed by atoms with Gasteiger partial charge in [-0.15, -0.1) is 0 Å². The molecule has 0 unspecified atom stereocenters. The predicted molar refractivity (Wildman–Crippen MR) is 101 cm³/mol. The lowest BCUT2D eigenvalue weighted by Crippen LogP contribution is -1.84. The minimum Gasteiger partial charge on any atom is -0.0807 e. The van der Waals surface area contributed by atoms with Gasteiger partial charge in [-0.05, 0) is 30.4 Å². The zero-order valence-corrected chi connectivity index (χ0v) is 14.9. The van der Waals surface area contributed by atoms with E-state index in [1.54, 1.807) is 0 Å². The highest BCUT2D eigenvalue weighted by Gasteiger charge is 1.97. The van der Waals surface area contributed by atoms with E-state index in [1.807, 2.05) is 0 Å².